The highest BCUT2D eigenvalue weighted by Crippen LogP contribution is 2.23. The molecule has 2 N–H and O–H groups in total. The van der Waals surface area contributed by atoms with Gasteiger partial charge < -0.3 is 29.9 Å². The van der Waals surface area contributed by atoms with Gasteiger partial charge in [0.1, 0.15) is 0 Å². The van der Waals surface area contributed by atoms with Crippen molar-refractivity contribution in [2.45, 2.75) is 0 Å². The van der Waals surface area contributed by atoms with Crippen LogP contribution >= 0.6 is 0 Å². The number of allylic oxidation sites excluding steroid dienone is 2. The number of nitrogens with zero attached hydrogens (tertiary/aromatic N) is 2. The standard InChI is InChI=1S/C26H28N4O4/c31-25-18-24(28-20-3-7-22(8-4-20)30-11-15-34-16-12-30)26(32)17-23(25)27-19-1-5-21(6-2-19)29-9-13-33-14-10-29/h1-8,17-18,27-28H,9-16H2. The number of carbonyl (C=O) groups excluding carboxylic acids is 2. The average molecular weight is 461 g/mol. The number of ether oxygens (including phenoxy) is 2. The van der Waals surface area contributed by atoms with E-state index in [9.17, 15) is 9.59 Å². The first-order chi connectivity index (χ1) is 16.7. The Bertz CT molecular complexity index is 1010. The van der Waals surface area contributed by atoms with Crippen molar-refractivity contribution in [3.05, 3.63) is 72.1 Å². The second-order valence-electron chi connectivity index (χ2n) is 8.39. The molecule has 8 heteroatoms. The summed E-state index contributed by atoms with van der Waals surface area (Å²) in [7, 11) is 0. The van der Waals surface area contributed by atoms with Gasteiger partial charge in [0.2, 0.25) is 11.6 Å². The van der Waals surface area contributed by atoms with E-state index in [4.69, 9.17) is 9.47 Å². The Balaban J connectivity index is 1.20. The van der Waals surface area contributed by atoms with E-state index in [2.05, 4.69) is 20.4 Å². The molecule has 0 atom stereocenters. The lowest BCUT2D eigenvalue weighted by Gasteiger charge is -2.29. The van der Waals surface area contributed by atoms with E-state index in [1.54, 1.807) is 0 Å². The van der Waals surface area contributed by atoms with Crippen LogP contribution in [-0.2, 0) is 19.1 Å². The highest BCUT2D eigenvalue weighted by atomic mass is 16.5. The molecular formula is C26H28N4O4. The number of ketones is 2. The first kappa shape index (κ1) is 22.2. The van der Waals surface area contributed by atoms with Crippen molar-refractivity contribution < 1.29 is 19.1 Å². The molecular weight excluding hydrogens is 432 g/mol. The van der Waals surface area contributed by atoms with Crippen LogP contribution in [0.4, 0.5) is 22.7 Å². The molecule has 3 aliphatic rings. The van der Waals surface area contributed by atoms with Crippen molar-refractivity contribution in [1.82, 2.24) is 0 Å². The van der Waals surface area contributed by atoms with Gasteiger partial charge in [0.15, 0.2) is 0 Å². The number of benzene rings is 2. The largest absolute Gasteiger partial charge is 0.378 e. The second kappa shape index (κ2) is 10.1. The Morgan fingerprint density at radius 1 is 0.559 bits per heavy atom. The smallest absolute Gasteiger partial charge is 0.204 e. The number of nitrogens with one attached hydrogen (secondary N) is 2. The van der Waals surface area contributed by atoms with Crippen LogP contribution in [0.2, 0.25) is 0 Å². The zero-order chi connectivity index (χ0) is 23.3. The number of rotatable bonds is 6. The Morgan fingerprint density at radius 3 is 1.26 bits per heavy atom. The van der Waals surface area contributed by atoms with Crippen molar-refractivity contribution >= 4 is 34.3 Å². The molecule has 5 rings (SSSR count). The monoisotopic (exact) mass is 460 g/mol. The summed E-state index contributed by atoms with van der Waals surface area (Å²) in [4.78, 5) is 29.9. The molecule has 0 aromatic heterocycles. The van der Waals surface area contributed by atoms with Crippen LogP contribution in [0.25, 0.3) is 0 Å². The fourth-order valence-corrected chi connectivity index (χ4v) is 4.22. The molecule has 0 spiro atoms. The lowest BCUT2D eigenvalue weighted by molar-refractivity contribution is -0.115. The van der Waals surface area contributed by atoms with Gasteiger partial charge in [-0.2, -0.15) is 0 Å². The van der Waals surface area contributed by atoms with E-state index < -0.39 is 0 Å². The van der Waals surface area contributed by atoms with Crippen molar-refractivity contribution in [3.63, 3.8) is 0 Å². The Hall–Kier alpha value is -3.62. The highest BCUT2D eigenvalue weighted by molar-refractivity contribution is 6.21. The molecule has 2 fully saturated rings. The van der Waals surface area contributed by atoms with Crippen LogP contribution in [0.1, 0.15) is 0 Å². The third-order valence-electron chi connectivity index (χ3n) is 6.13. The van der Waals surface area contributed by atoms with Gasteiger partial charge >= 0.3 is 0 Å². The maximum absolute atomic E-state index is 12.7. The molecule has 0 amide bonds. The van der Waals surface area contributed by atoms with E-state index in [0.717, 1.165) is 75.4 Å². The molecule has 2 aliphatic heterocycles. The molecule has 34 heavy (non-hydrogen) atoms. The molecule has 0 radical (unpaired) electrons. The number of carbonyl (C=O) groups is 2. The minimum Gasteiger partial charge on any atom is -0.378 e. The van der Waals surface area contributed by atoms with Crippen molar-refractivity contribution in [3.8, 4) is 0 Å². The van der Waals surface area contributed by atoms with Gasteiger partial charge in [-0.1, -0.05) is 0 Å². The lowest BCUT2D eigenvalue weighted by Crippen LogP contribution is -2.36. The Kier molecular flexibility index (Phi) is 6.60. The van der Waals surface area contributed by atoms with Crippen molar-refractivity contribution in [2.24, 2.45) is 0 Å². The first-order valence-corrected chi connectivity index (χ1v) is 11.6. The number of morpholine rings is 2. The summed E-state index contributed by atoms with van der Waals surface area (Å²) in [5.41, 5.74) is 4.26. The van der Waals surface area contributed by atoms with Crippen LogP contribution in [-0.4, -0.2) is 64.2 Å². The highest BCUT2D eigenvalue weighted by Gasteiger charge is 2.21. The maximum Gasteiger partial charge on any atom is 0.204 e. The molecule has 0 saturated carbocycles. The minimum absolute atomic E-state index is 0.246. The van der Waals surface area contributed by atoms with E-state index in [0.29, 0.717) is 0 Å². The molecule has 2 aromatic rings. The quantitative estimate of drug-likeness (QED) is 0.637. The third-order valence-corrected chi connectivity index (χ3v) is 6.13. The molecule has 2 saturated heterocycles. The number of anilines is 4. The van der Waals surface area contributed by atoms with Crippen LogP contribution in [0, 0.1) is 0 Å². The van der Waals surface area contributed by atoms with Gasteiger partial charge in [0.25, 0.3) is 0 Å². The molecule has 2 aromatic carbocycles. The summed E-state index contributed by atoms with van der Waals surface area (Å²) in [6.45, 7) is 6.36. The minimum atomic E-state index is -0.246. The Labute approximate surface area is 198 Å². The number of hydrogen-bond donors (Lipinski definition) is 2. The number of hydrogen-bond acceptors (Lipinski definition) is 8. The molecule has 176 valence electrons. The summed E-state index contributed by atoms with van der Waals surface area (Å²) in [5, 5.41) is 6.16. The third kappa shape index (κ3) is 5.13. The van der Waals surface area contributed by atoms with Gasteiger partial charge in [-0.05, 0) is 48.5 Å². The lowest BCUT2D eigenvalue weighted by atomic mass is 10.1. The maximum atomic E-state index is 12.7. The fourth-order valence-electron chi connectivity index (χ4n) is 4.22. The van der Waals surface area contributed by atoms with Gasteiger partial charge in [-0.3, -0.25) is 9.59 Å². The van der Waals surface area contributed by atoms with Gasteiger partial charge in [0, 0.05) is 61.1 Å². The topological polar surface area (TPSA) is 83.1 Å². The van der Waals surface area contributed by atoms with Crippen LogP contribution < -0.4 is 20.4 Å². The summed E-state index contributed by atoms with van der Waals surface area (Å²) in [6, 6.07) is 15.7. The normalized spacial score (nSPS) is 18.9. The summed E-state index contributed by atoms with van der Waals surface area (Å²) < 4.78 is 10.8. The fraction of sp³-hybridized carbons (Fsp3) is 0.308. The van der Waals surface area contributed by atoms with Gasteiger partial charge in [-0.15, -0.1) is 0 Å². The SMILES string of the molecule is O=C1C=C(Nc2ccc(N3CCOCC3)cc2)C(=O)C=C1Nc1ccc(N2CCOCC2)cc1. The first-order valence-electron chi connectivity index (χ1n) is 11.6. The molecule has 8 nitrogen and oxygen atoms in total. The van der Waals surface area contributed by atoms with Crippen LogP contribution in [0.15, 0.2) is 72.1 Å². The molecule has 0 bridgehead atoms. The van der Waals surface area contributed by atoms with Crippen molar-refractivity contribution in [2.75, 3.05) is 73.0 Å². The van der Waals surface area contributed by atoms with Gasteiger partial charge in [-0.25, -0.2) is 0 Å². The van der Waals surface area contributed by atoms with E-state index >= 15 is 0 Å². The molecule has 2 heterocycles. The van der Waals surface area contributed by atoms with Gasteiger partial charge in [0.05, 0.1) is 37.8 Å². The predicted molar refractivity (Wildman–Crippen MR) is 132 cm³/mol. The van der Waals surface area contributed by atoms with E-state index in [1.807, 2.05) is 48.5 Å². The zero-order valence-electron chi connectivity index (χ0n) is 19.0. The predicted octanol–water partition coefficient (Wildman–Crippen LogP) is 2.80. The summed E-state index contributed by atoms with van der Waals surface area (Å²) in [5.74, 6) is -0.492. The second-order valence-corrected chi connectivity index (χ2v) is 8.39. The average Bonchev–Trinajstić information content (AvgIpc) is 2.89. The van der Waals surface area contributed by atoms with Crippen LogP contribution in [0.3, 0.4) is 0 Å². The summed E-state index contributed by atoms with van der Waals surface area (Å²) in [6.07, 6.45) is 2.70. The van der Waals surface area contributed by atoms with E-state index in [-0.39, 0.29) is 23.0 Å². The van der Waals surface area contributed by atoms with E-state index in [1.165, 1.54) is 12.2 Å². The molecule has 1 aliphatic carbocycles. The summed E-state index contributed by atoms with van der Waals surface area (Å²) >= 11 is 0. The Morgan fingerprint density at radius 2 is 0.912 bits per heavy atom. The van der Waals surface area contributed by atoms with Crippen LogP contribution in [0.5, 0.6) is 0 Å². The zero-order valence-corrected chi connectivity index (χ0v) is 19.0. The van der Waals surface area contributed by atoms with Crippen molar-refractivity contribution in [1.29, 1.82) is 0 Å². The molecule has 0 unspecified atom stereocenters.